The zero-order valence-corrected chi connectivity index (χ0v) is 13.1. The summed E-state index contributed by atoms with van der Waals surface area (Å²) in [6.07, 6.45) is 0. The first-order chi connectivity index (χ1) is 9.60. The Kier molecular flexibility index (Phi) is 7.77. The van der Waals surface area contributed by atoms with E-state index in [2.05, 4.69) is 43.0 Å². The van der Waals surface area contributed by atoms with Crippen molar-refractivity contribution in [1.29, 1.82) is 0 Å². The van der Waals surface area contributed by atoms with Crippen molar-refractivity contribution in [3.63, 3.8) is 0 Å². The van der Waals surface area contributed by atoms with Crippen LogP contribution in [0.3, 0.4) is 0 Å². The molecule has 0 aliphatic heterocycles. The zero-order chi connectivity index (χ0) is 15.0. The molecule has 0 heterocycles. The first-order valence-electron chi connectivity index (χ1n) is 7.14. The number of aryl methyl sites for hydroxylation is 1. The van der Waals surface area contributed by atoms with E-state index in [-0.39, 0.29) is 12.1 Å². The van der Waals surface area contributed by atoms with Crippen molar-refractivity contribution in [3.05, 3.63) is 35.4 Å². The van der Waals surface area contributed by atoms with E-state index in [1.165, 1.54) is 11.1 Å². The summed E-state index contributed by atoms with van der Waals surface area (Å²) in [6, 6.07) is 8.82. The summed E-state index contributed by atoms with van der Waals surface area (Å²) in [5.74, 6) is 0. The minimum atomic E-state index is 0.0476. The largest absolute Gasteiger partial charge is 0.383 e. The molecule has 0 saturated heterocycles. The molecule has 0 bridgehead atoms. The summed E-state index contributed by atoms with van der Waals surface area (Å²) in [7, 11) is 3.45. The van der Waals surface area contributed by atoms with Crippen molar-refractivity contribution in [2.75, 3.05) is 40.5 Å². The van der Waals surface area contributed by atoms with Gasteiger partial charge in [-0.25, -0.2) is 0 Å². The fourth-order valence-electron chi connectivity index (χ4n) is 2.42. The molecule has 20 heavy (non-hydrogen) atoms. The van der Waals surface area contributed by atoms with Crippen LogP contribution in [0.15, 0.2) is 24.3 Å². The van der Waals surface area contributed by atoms with Crippen LogP contribution in [0.1, 0.15) is 24.1 Å². The highest BCUT2D eigenvalue weighted by atomic mass is 16.5. The monoisotopic (exact) mass is 280 g/mol. The minimum absolute atomic E-state index is 0.0476. The Bertz CT molecular complexity index is 357. The first kappa shape index (κ1) is 17.1. The van der Waals surface area contributed by atoms with Gasteiger partial charge in [-0.1, -0.05) is 29.8 Å². The Morgan fingerprint density at radius 1 is 1.05 bits per heavy atom. The van der Waals surface area contributed by atoms with Crippen molar-refractivity contribution in [2.45, 2.75) is 25.9 Å². The van der Waals surface area contributed by atoms with Crippen LogP contribution in [0.2, 0.25) is 0 Å². The lowest BCUT2D eigenvalue weighted by Gasteiger charge is -2.34. The van der Waals surface area contributed by atoms with E-state index >= 15 is 0 Å². The predicted molar refractivity (Wildman–Crippen MR) is 82.9 cm³/mol. The molecule has 2 unspecified atom stereocenters. The average Bonchev–Trinajstić information content (AvgIpc) is 2.43. The number of nitrogens with two attached hydrogens (primary N) is 1. The SMILES string of the molecule is COCCN(CCOC)C(c1ccc(C)cc1)C(C)N. The van der Waals surface area contributed by atoms with E-state index in [0.29, 0.717) is 13.2 Å². The molecule has 0 spiro atoms. The number of benzene rings is 1. The normalized spacial score (nSPS) is 14.5. The summed E-state index contributed by atoms with van der Waals surface area (Å²) in [6.45, 7) is 7.23. The van der Waals surface area contributed by atoms with E-state index in [0.717, 1.165) is 13.1 Å². The van der Waals surface area contributed by atoms with Gasteiger partial charge in [0.05, 0.1) is 13.2 Å². The van der Waals surface area contributed by atoms with Crippen molar-refractivity contribution in [3.8, 4) is 0 Å². The Hall–Kier alpha value is -0.940. The molecular formula is C16H28N2O2. The van der Waals surface area contributed by atoms with Gasteiger partial charge in [-0.05, 0) is 19.4 Å². The molecule has 0 amide bonds. The summed E-state index contributed by atoms with van der Waals surface area (Å²) in [5.41, 5.74) is 8.74. The Morgan fingerprint density at radius 3 is 1.95 bits per heavy atom. The summed E-state index contributed by atoms with van der Waals surface area (Å²) in [4.78, 5) is 2.34. The van der Waals surface area contributed by atoms with Crippen LogP contribution in [0, 0.1) is 6.92 Å². The predicted octanol–water partition coefficient (Wildman–Crippen LogP) is 1.98. The van der Waals surface area contributed by atoms with Crippen LogP contribution in [-0.4, -0.2) is 51.5 Å². The number of hydrogen-bond donors (Lipinski definition) is 1. The number of nitrogens with zero attached hydrogens (tertiary/aromatic N) is 1. The third kappa shape index (κ3) is 5.21. The average molecular weight is 280 g/mol. The van der Waals surface area contributed by atoms with Gasteiger partial charge >= 0.3 is 0 Å². The van der Waals surface area contributed by atoms with Crippen molar-refractivity contribution in [2.24, 2.45) is 5.73 Å². The van der Waals surface area contributed by atoms with Gasteiger partial charge in [-0.3, -0.25) is 4.90 Å². The first-order valence-corrected chi connectivity index (χ1v) is 7.14. The molecule has 0 aliphatic rings. The summed E-state index contributed by atoms with van der Waals surface area (Å²) < 4.78 is 10.4. The maximum absolute atomic E-state index is 6.23. The highest BCUT2D eigenvalue weighted by Crippen LogP contribution is 2.23. The maximum Gasteiger partial charge on any atom is 0.0589 e. The van der Waals surface area contributed by atoms with Gasteiger partial charge in [-0.2, -0.15) is 0 Å². The second kappa shape index (κ2) is 9.08. The fourth-order valence-corrected chi connectivity index (χ4v) is 2.42. The van der Waals surface area contributed by atoms with Crippen LogP contribution in [0.5, 0.6) is 0 Å². The Morgan fingerprint density at radius 2 is 1.55 bits per heavy atom. The molecule has 4 heteroatoms. The molecule has 0 aliphatic carbocycles. The fraction of sp³-hybridized carbons (Fsp3) is 0.625. The standard InChI is InChI=1S/C16H28N2O2/c1-13-5-7-15(8-6-13)16(14(2)17)18(9-11-19-3)10-12-20-4/h5-8,14,16H,9-12,17H2,1-4H3. The molecule has 2 N–H and O–H groups in total. The van der Waals surface area contributed by atoms with E-state index in [4.69, 9.17) is 15.2 Å². The summed E-state index contributed by atoms with van der Waals surface area (Å²) >= 11 is 0. The van der Waals surface area contributed by atoms with Crippen LogP contribution in [0.4, 0.5) is 0 Å². The molecule has 114 valence electrons. The van der Waals surface area contributed by atoms with E-state index < -0.39 is 0 Å². The topological polar surface area (TPSA) is 47.7 Å². The van der Waals surface area contributed by atoms with Crippen LogP contribution in [-0.2, 0) is 9.47 Å². The molecular weight excluding hydrogens is 252 g/mol. The van der Waals surface area contributed by atoms with Gasteiger partial charge in [0.15, 0.2) is 0 Å². The van der Waals surface area contributed by atoms with Gasteiger partial charge in [0.2, 0.25) is 0 Å². The number of rotatable bonds is 9. The van der Waals surface area contributed by atoms with Crippen LogP contribution < -0.4 is 5.73 Å². The molecule has 4 nitrogen and oxygen atoms in total. The second-order valence-corrected chi connectivity index (χ2v) is 5.24. The van der Waals surface area contributed by atoms with Crippen molar-refractivity contribution >= 4 is 0 Å². The van der Waals surface area contributed by atoms with Crippen molar-refractivity contribution in [1.82, 2.24) is 4.90 Å². The van der Waals surface area contributed by atoms with E-state index in [1.54, 1.807) is 14.2 Å². The molecule has 0 fully saturated rings. The lowest BCUT2D eigenvalue weighted by Crippen LogP contribution is -2.42. The third-order valence-electron chi connectivity index (χ3n) is 3.48. The summed E-state index contributed by atoms with van der Waals surface area (Å²) in [5, 5.41) is 0. The van der Waals surface area contributed by atoms with Gasteiger partial charge in [-0.15, -0.1) is 0 Å². The lowest BCUT2D eigenvalue weighted by molar-refractivity contribution is 0.0801. The number of ether oxygens (including phenoxy) is 2. The lowest BCUT2D eigenvalue weighted by atomic mass is 9.98. The Balaban J connectivity index is 2.90. The molecule has 2 atom stereocenters. The quantitative estimate of drug-likeness (QED) is 0.751. The minimum Gasteiger partial charge on any atom is -0.383 e. The van der Waals surface area contributed by atoms with Gasteiger partial charge in [0.1, 0.15) is 0 Å². The maximum atomic E-state index is 6.23. The molecule has 1 aromatic rings. The highest BCUT2D eigenvalue weighted by Gasteiger charge is 2.23. The van der Waals surface area contributed by atoms with E-state index in [9.17, 15) is 0 Å². The molecule has 1 aromatic carbocycles. The third-order valence-corrected chi connectivity index (χ3v) is 3.48. The van der Waals surface area contributed by atoms with Gasteiger partial charge < -0.3 is 15.2 Å². The van der Waals surface area contributed by atoms with Gasteiger partial charge in [0, 0.05) is 39.4 Å². The highest BCUT2D eigenvalue weighted by molar-refractivity contribution is 5.25. The molecule has 0 radical (unpaired) electrons. The zero-order valence-electron chi connectivity index (χ0n) is 13.1. The smallest absolute Gasteiger partial charge is 0.0589 e. The second-order valence-electron chi connectivity index (χ2n) is 5.24. The number of methoxy groups -OCH3 is 2. The van der Waals surface area contributed by atoms with Crippen LogP contribution >= 0.6 is 0 Å². The molecule has 1 rings (SSSR count). The Labute approximate surface area is 122 Å². The van der Waals surface area contributed by atoms with Crippen LogP contribution in [0.25, 0.3) is 0 Å². The molecule has 0 saturated carbocycles. The van der Waals surface area contributed by atoms with E-state index in [1.807, 2.05) is 0 Å². The molecule has 0 aromatic heterocycles. The van der Waals surface area contributed by atoms with Gasteiger partial charge in [0.25, 0.3) is 0 Å². The number of hydrogen-bond acceptors (Lipinski definition) is 4. The van der Waals surface area contributed by atoms with Crippen molar-refractivity contribution < 1.29 is 9.47 Å².